The standard InChI is InChI=1S/C16H21N5O/c1-20(2)16-18-10-14(11-19-16)12-21(3)15(22)5-4-13-6-8-17-9-7-13/h6-11H,4-5,12H2,1-3H3. The minimum atomic E-state index is 0.105. The summed E-state index contributed by atoms with van der Waals surface area (Å²) in [6.45, 7) is 0.517. The fraction of sp³-hybridized carbons (Fsp3) is 0.375. The maximum Gasteiger partial charge on any atom is 0.224 e. The quantitative estimate of drug-likeness (QED) is 0.809. The Hall–Kier alpha value is -2.50. The van der Waals surface area contributed by atoms with Crippen molar-refractivity contribution in [1.82, 2.24) is 19.9 Å². The van der Waals surface area contributed by atoms with Crippen LogP contribution in [0, 0.1) is 0 Å². The van der Waals surface area contributed by atoms with Crippen LogP contribution in [0.4, 0.5) is 5.95 Å². The fourth-order valence-corrected chi connectivity index (χ4v) is 2.01. The van der Waals surface area contributed by atoms with E-state index in [9.17, 15) is 4.79 Å². The van der Waals surface area contributed by atoms with Crippen molar-refractivity contribution in [2.75, 3.05) is 26.0 Å². The summed E-state index contributed by atoms with van der Waals surface area (Å²) in [5.41, 5.74) is 2.04. The maximum atomic E-state index is 12.2. The Morgan fingerprint density at radius 3 is 2.27 bits per heavy atom. The highest BCUT2D eigenvalue weighted by Crippen LogP contribution is 2.08. The molecule has 1 amide bonds. The first-order valence-corrected chi connectivity index (χ1v) is 7.17. The number of hydrogen-bond donors (Lipinski definition) is 0. The molecule has 0 saturated carbocycles. The molecule has 2 heterocycles. The molecular formula is C16H21N5O. The molecule has 2 aromatic heterocycles. The van der Waals surface area contributed by atoms with Gasteiger partial charge in [-0.05, 0) is 24.1 Å². The van der Waals surface area contributed by atoms with Gasteiger partial charge in [0.25, 0.3) is 0 Å². The van der Waals surface area contributed by atoms with E-state index in [-0.39, 0.29) is 5.91 Å². The topological polar surface area (TPSA) is 62.2 Å². The lowest BCUT2D eigenvalue weighted by Gasteiger charge is -2.17. The molecule has 0 spiro atoms. The van der Waals surface area contributed by atoms with Crippen LogP contribution in [0.3, 0.4) is 0 Å². The molecule has 0 N–H and O–H groups in total. The summed E-state index contributed by atoms with van der Waals surface area (Å²) in [5.74, 6) is 0.768. The second-order valence-electron chi connectivity index (χ2n) is 5.39. The Balaban J connectivity index is 1.85. The lowest BCUT2D eigenvalue weighted by atomic mass is 10.1. The van der Waals surface area contributed by atoms with Gasteiger partial charge in [-0.2, -0.15) is 0 Å². The summed E-state index contributed by atoms with van der Waals surface area (Å²) in [4.78, 5) is 28.2. The molecule has 0 atom stereocenters. The first-order valence-electron chi connectivity index (χ1n) is 7.17. The van der Waals surface area contributed by atoms with Crippen molar-refractivity contribution < 1.29 is 4.79 Å². The summed E-state index contributed by atoms with van der Waals surface area (Å²) < 4.78 is 0. The molecule has 2 rings (SSSR count). The van der Waals surface area contributed by atoms with Crippen molar-refractivity contribution >= 4 is 11.9 Å². The van der Waals surface area contributed by atoms with E-state index in [1.807, 2.05) is 31.1 Å². The van der Waals surface area contributed by atoms with Gasteiger partial charge < -0.3 is 9.80 Å². The van der Waals surface area contributed by atoms with E-state index >= 15 is 0 Å². The number of carbonyl (C=O) groups is 1. The van der Waals surface area contributed by atoms with Crippen molar-refractivity contribution in [2.45, 2.75) is 19.4 Å². The van der Waals surface area contributed by atoms with Crippen LogP contribution in [0.25, 0.3) is 0 Å². The second kappa shape index (κ2) is 7.49. The maximum absolute atomic E-state index is 12.2. The summed E-state index contributed by atoms with van der Waals surface area (Å²) in [6.07, 6.45) is 8.21. The average Bonchev–Trinajstić information content (AvgIpc) is 2.54. The Bertz CT molecular complexity index is 598. The highest BCUT2D eigenvalue weighted by Gasteiger charge is 2.10. The number of anilines is 1. The van der Waals surface area contributed by atoms with Gasteiger partial charge in [0, 0.05) is 64.5 Å². The molecule has 0 saturated heterocycles. The molecule has 0 bridgehead atoms. The molecule has 0 aromatic carbocycles. The van der Waals surface area contributed by atoms with Crippen LogP contribution in [-0.2, 0) is 17.8 Å². The van der Waals surface area contributed by atoms with Gasteiger partial charge in [-0.1, -0.05) is 0 Å². The third-order valence-corrected chi connectivity index (χ3v) is 3.31. The molecule has 0 fully saturated rings. The zero-order valence-electron chi connectivity index (χ0n) is 13.2. The third-order valence-electron chi connectivity index (χ3n) is 3.31. The van der Waals surface area contributed by atoms with Crippen LogP contribution >= 0.6 is 0 Å². The highest BCUT2D eigenvalue weighted by molar-refractivity contribution is 5.76. The number of aromatic nitrogens is 3. The van der Waals surface area contributed by atoms with E-state index in [0.717, 1.165) is 17.5 Å². The van der Waals surface area contributed by atoms with Crippen LogP contribution in [0.5, 0.6) is 0 Å². The summed E-state index contributed by atoms with van der Waals surface area (Å²) in [5, 5.41) is 0. The van der Waals surface area contributed by atoms with Gasteiger partial charge in [0.15, 0.2) is 0 Å². The van der Waals surface area contributed by atoms with Gasteiger partial charge >= 0.3 is 0 Å². The van der Waals surface area contributed by atoms with E-state index in [4.69, 9.17) is 0 Å². The molecule has 6 heteroatoms. The molecule has 0 radical (unpaired) electrons. The van der Waals surface area contributed by atoms with Crippen molar-refractivity contribution in [3.05, 3.63) is 48.0 Å². The van der Waals surface area contributed by atoms with Crippen molar-refractivity contribution in [2.24, 2.45) is 0 Å². The van der Waals surface area contributed by atoms with E-state index in [1.165, 1.54) is 0 Å². The van der Waals surface area contributed by atoms with Crippen LogP contribution in [-0.4, -0.2) is 46.9 Å². The zero-order valence-corrected chi connectivity index (χ0v) is 13.2. The lowest BCUT2D eigenvalue weighted by molar-refractivity contribution is -0.130. The minimum Gasteiger partial charge on any atom is -0.347 e. The fourth-order valence-electron chi connectivity index (χ4n) is 2.01. The SMILES string of the molecule is CN(Cc1cnc(N(C)C)nc1)C(=O)CCc1ccncc1. The van der Waals surface area contributed by atoms with Gasteiger partial charge in [-0.15, -0.1) is 0 Å². The number of pyridine rings is 1. The van der Waals surface area contributed by atoms with Gasteiger partial charge in [-0.25, -0.2) is 9.97 Å². The van der Waals surface area contributed by atoms with E-state index in [2.05, 4.69) is 15.0 Å². The summed E-state index contributed by atoms with van der Waals surface area (Å²) in [7, 11) is 5.59. The smallest absolute Gasteiger partial charge is 0.224 e. The van der Waals surface area contributed by atoms with Gasteiger partial charge in [-0.3, -0.25) is 9.78 Å². The van der Waals surface area contributed by atoms with Crippen LogP contribution in [0.1, 0.15) is 17.5 Å². The van der Waals surface area contributed by atoms with E-state index < -0.39 is 0 Å². The molecule has 0 unspecified atom stereocenters. The molecule has 0 aliphatic carbocycles. The van der Waals surface area contributed by atoms with Crippen LogP contribution in [0.15, 0.2) is 36.9 Å². The van der Waals surface area contributed by atoms with Crippen molar-refractivity contribution in [3.63, 3.8) is 0 Å². The number of hydrogen-bond acceptors (Lipinski definition) is 5. The lowest BCUT2D eigenvalue weighted by Crippen LogP contribution is -2.26. The van der Waals surface area contributed by atoms with Crippen molar-refractivity contribution in [1.29, 1.82) is 0 Å². The molecule has 0 aliphatic heterocycles. The Morgan fingerprint density at radius 2 is 1.68 bits per heavy atom. The summed E-state index contributed by atoms with van der Waals surface area (Å²) in [6, 6.07) is 3.86. The first kappa shape index (κ1) is 15.9. The Kier molecular flexibility index (Phi) is 5.41. The number of nitrogens with zero attached hydrogens (tertiary/aromatic N) is 5. The number of amides is 1. The molecular weight excluding hydrogens is 278 g/mol. The van der Waals surface area contributed by atoms with E-state index in [1.54, 1.807) is 36.7 Å². The molecule has 22 heavy (non-hydrogen) atoms. The molecule has 116 valence electrons. The second-order valence-corrected chi connectivity index (χ2v) is 5.39. The third kappa shape index (κ3) is 4.51. The summed E-state index contributed by atoms with van der Waals surface area (Å²) >= 11 is 0. The number of rotatable bonds is 6. The first-order chi connectivity index (χ1) is 10.6. The Morgan fingerprint density at radius 1 is 1.05 bits per heavy atom. The normalized spacial score (nSPS) is 10.3. The predicted molar refractivity (Wildman–Crippen MR) is 85.4 cm³/mol. The van der Waals surface area contributed by atoms with E-state index in [0.29, 0.717) is 18.9 Å². The monoisotopic (exact) mass is 299 g/mol. The predicted octanol–water partition coefficient (Wildman–Crippen LogP) is 1.53. The molecule has 2 aromatic rings. The van der Waals surface area contributed by atoms with Crippen molar-refractivity contribution in [3.8, 4) is 0 Å². The highest BCUT2D eigenvalue weighted by atomic mass is 16.2. The van der Waals surface area contributed by atoms with Gasteiger partial charge in [0.05, 0.1) is 0 Å². The molecule has 6 nitrogen and oxygen atoms in total. The molecule has 0 aliphatic rings. The van der Waals surface area contributed by atoms with Gasteiger partial charge in [0.1, 0.15) is 0 Å². The van der Waals surface area contributed by atoms with Gasteiger partial charge in [0.2, 0.25) is 11.9 Å². The minimum absolute atomic E-state index is 0.105. The number of carbonyl (C=O) groups excluding carboxylic acids is 1. The average molecular weight is 299 g/mol. The largest absolute Gasteiger partial charge is 0.347 e. The number of aryl methyl sites for hydroxylation is 1. The van der Waals surface area contributed by atoms with Crippen LogP contribution in [0.2, 0.25) is 0 Å². The zero-order chi connectivity index (χ0) is 15.9. The van der Waals surface area contributed by atoms with Crippen LogP contribution < -0.4 is 4.90 Å². The Labute approximate surface area is 130 Å².